The second kappa shape index (κ2) is 6.47. The summed E-state index contributed by atoms with van der Waals surface area (Å²) in [5.41, 5.74) is -2.57. The number of carboxylic acid groups (broad SMARTS) is 1. The van der Waals surface area contributed by atoms with Crippen LogP contribution >= 0.6 is 0 Å². The van der Waals surface area contributed by atoms with Gasteiger partial charge in [0.05, 0.1) is 12.7 Å². The molecule has 0 heterocycles. The number of rotatable bonds is 6. The number of ether oxygens (including phenoxy) is 1. The molecule has 2 unspecified atom stereocenters. The van der Waals surface area contributed by atoms with E-state index < -0.39 is 35.7 Å². The molecule has 6 heteroatoms. The molecule has 2 atom stereocenters. The molecule has 1 aromatic rings. The van der Waals surface area contributed by atoms with Gasteiger partial charge >= 0.3 is 11.9 Å². The minimum absolute atomic E-state index is 0.0396. The molecular formula is C14H17FO5. The molecule has 2 N–H and O–H groups in total. The van der Waals surface area contributed by atoms with Gasteiger partial charge in [-0.15, -0.1) is 0 Å². The predicted molar refractivity (Wildman–Crippen MR) is 68.6 cm³/mol. The summed E-state index contributed by atoms with van der Waals surface area (Å²) in [4.78, 5) is 23.8. The normalized spacial score (nSPS) is 15.2. The van der Waals surface area contributed by atoms with Crippen LogP contribution in [0.15, 0.2) is 24.3 Å². The maximum Gasteiger partial charge on any atom is 0.328 e. The zero-order valence-electron chi connectivity index (χ0n) is 11.3. The zero-order valence-corrected chi connectivity index (χ0v) is 11.3. The molecule has 0 aliphatic rings. The Bertz CT molecular complexity index is 500. The molecular weight excluding hydrogens is 267 g/mol. The van der Waals surface area contributed by atoms with Crippen LogP contribution < -0.4 is 0 Å². The van der Waals surface area contributed by atoms with E-state index in [1.807, 2.05) is 0 Å². The lowest BCUT2D eigenvalue weighted by Gasteiger charge is -2.29. The summed E-state index contributed by atoms with van der Waals surface area (Å²) in [6.45, 7) is 2.81. The Morgan fingerprint density at radius 2 is 2.00 bits per heavy atom. The number of aliphatic hydroxyl groups is 1. The van der Waals surface area contributed by atoms with E-state index in [-0.39, 0.29) is 12.2 Å². The Labute approximate surface area is 116 Å². The fourth-order valence-corrected chi connectivity index (χ4v) is 2.10. The summed E-state index contributed by atoms with van der Waals surface area (Å²) in [6.07, 6.45) is -1.59. The molecule has 0 radical (unpaired) electrons. The second-order valence-corrected chi connectivity index (χ2v) is 4.46. The van der Waals surface area contributed by atoms with Crippen LogP contribution in [-0.4, -0.2) is 34.9 Å². The summed E-state index contributed by atoms with van der Waals surface area (Å²) in [6, 6.07) is 5.09. The van der Waals surface area contributed by atoms with Crippen molar-refractivity contribution in [1.82, 2.24) is 0 Å². The van der Waals surface area contributed by atoms with Gasteiger partial charge in [0.2, 0.25) is 0 Å². The Morgan fingerprint density at radius 3 is 2.45 bits per heavy atom. The Morgan fingerprint density at radius 1 is 1.40 bits per heavy atom. The second-order valence-electron chi connectivity index (χ2n) is 4.46. The Hall–Kier alpha value is -1.95. The van der Waals surface area contributed by atoms with E-state index in [0.717, 1.165) is 6.07 Å². The number of hydrogen-bond donors (Lipinski definition) is 2. The molecule has 0 aliphatic heterocycles. The molecule has 0 bridgehead atoms. The number of aliphatic hydroxyl groups excluding tert-OH is 1. The first kappa shape index (κ1) is 16.1. The number of carbonyl (C=O) groups is 2. The van der Waals surface area contributed by atoms with Crippen molar-refractivity contribution >= 4 is 11.9 Å². The van der Waals surface area contributed by atoms with Crippen LogP contribution in [0.5, 0.6) is 0 Å². The maximum absolute atomic E-state index is 13.9. The fraction of sp³-hybridized carbons (Fsp3) is 0.429. The van der Waals surface area contributed by atoms with Gasteiger partial charge in [0.25, 0.3) is 0 Å². The van der Waals surface area contributed by atoms with E-state index in [4.69, 9.17) is 4.74 Å². The van der Waals surface area contributed by atoms with Crippen LogP contribution in [0.2, 0.25) is 0 Å². The van der Waals surface area contributed by atoms with Crippen LogP contribution in [0.25, 0.3) is 0 Å². The smallest absolute Gasteiger partial charge is 0.328 e. The predicted octanol–water partition coefficient (Wildman–Crippen LogP) is 1.48. The molecule has 1 rings (SSSR count). The van der Waals surface area contributed by atoms with Gasteiger partial charge in [0.15, 0.2) is 5.41 Å². The summed E-state index contributed by atoms with van der Waals surface area (Å²) < 4.78 is 18.7. The highest BCUT2D eigenvalue weighted by molar-refractivity contribution is 6.05. The third kappa shape index (κ3) is 2.96. The van der Waals surface area contributed by atoms with Crippen molar-refractivity contribution in [2.45, 2.75) is 31.8 Å². The van der Waals surface area contributed by atoms with Gasteiger partial charge in [-0.05, 0) is 19.9 Å². The molecule has 0 aromatic heterocycles. The summed E-state index contributed by atoms with van der Waals surface area (Å²) in [7, 11) is 0. The summed E-state index contributed by atoms with van der Waals surface area (Å²) in [5.74, 6) is -3.47. The van der Waals surface area contributed by atoms with Gasteiger partial charge < -0.3 is 14.9 Å². The van der Waals surface area contributed by atoms with Crippen molar-refractivity contribution in [2.24, 2.45) is 0 Å². The van der Waals surface area contributed by atoms with Crippen molar-refractivity contribution in [3.8, 4) is 0 Å². The number of aliphatic carboxylic acids is 1. The van der Waals surface area contributed by atoms with Gasteiger partial charge in [-0.1, -0.05) is 18.2 Å². The van der Waals surface area contributed by atoms with Crippen LogP contribution in [0.4, 0.5) is 4.39 Å². The number of carboxylic acids is 1. The van der Waals surface area contributed by atoms with Crippen molar-refractivity contribution in [2.75, 3.05) is 6.61 Å². The highest BCUT2D eigenvalue weighted by Gasteiger charge is 2.51. The first-order valence-corrected chi connectivity index (χ1v) is 6.20. The van der Waals surface area contributed by atoms with Gasteiger partial charge in [0.1, 0.15) is 5.82 Å². The fourth-order valence-electron chi connectivity index (χ4n) is 2.10. The lowest BCUT2D eigenvalue weighted by atomic mass is 9.75. The standard InChI is InChI=1S/C14H17FO5/c1-3-20-13(19)14(12(17)18,8-9(2)16)10-6-4-5-7-11(10)15/h4-7,9,16H,3,8H2,1-2H3,(H,17,18). The highest BCUT2D eigenvalue weighted by Crippen LogP contribution is 2.33. The monoisotopic (exact) mass is 284 g/mol. The molecule has 0 fully saturated rings. The molecule has 5 nitrogen and oxygen atoms in total. The largest absolute Gasteiger partial charge is 0.480 e. The third-order valence-corrected chi connectivity index (χ3v) is 2.92. The van der Waals surface area contributed by atoms with E-state index in [1.165, 1.54) is 32.0 Å². The van der Waals surface area contributed by atoms with E-state index in [9.17, 15) is 24.2 Å². The lowest BCUT2D eigenvalue weighted by Crippen LogP contribution is -2.47. The van der Waals surface area contributed by atoms with Gasteiger partial charge in [-0.25, -0.2) is 4.39 Å². The Kier molecular flexibility index (Phi) is 5.21. The first-order chi connectivity index (χ1) is 9.36. The molecule has 0 amide bonds. The topological polar surface area (TPSA) is 83.8 Å². The molecule has 0 saturated carbocycles. The number of benzene rings is 1. The molecule has 0 aliphatic carbocycles. The molecule has 0 spiro atoms. The minimum atomic E-state index is -2.25. The van der Waals surface area contributed by atoms with Crippen molar-refractivity contribution in [1.29, 1.82) is 0 Å². The quantitative estimate of drug-likeness (QED) is 0.610. The molecule has 110 valence electrons. The van der Waals surface area contributed by atoms with E-state index in [2.05, 4.69) is 0 Å². The highest BCUT2D eigenvalue weighted by atomic mass is 19.1. The maximum atomic E-state index is 13.9. The van der Waals surface area contributed by atoms with E-state index in [0.29, 0.717) is 0 Å². The van der Waals surface area contributed by atoms with Crippen LogP contribution in [0, 0.1) is 5.82 Å². The van der Waals surface area contributed by atoms with E-state index in [1.54, 1.807) is 0 Å². The van der Waals surface area contributed by atoms with Crippen LogP contribution in [-0.2, 0) is 19.7 Å². The number of halogens is 1. The summed E-state index contributed by atoms with van der Waals surface area (Å²) in [5, 5.41) is 19.0. The van der Waals surface area contributed by atoms with Gasteiger partial charge in [0, 0.05) is 12.0 Å². The van der Waals surface area contributed by atoms with Crippen molar-refractivity contribution < 1.29 is 28.9 Å². The molecule has 0 saturated heterocycles. The number of esters is 1. The SMILES string of the molecule is CCOC(=O)C(CC(C)O)(C(=O)O)c1ccccc1F. The molecule has 20 heavy (non-hydrogen) atoms. The first-order valence-electron chi connectivity index (χ1n) is 6.20. The average molecular weight is 284 g/mol. The van der Waals surface area contributed by atoms with E-state index >= 15 is 0 Å². The number of hydrogen-bond acceptors (Lipinski definition) is 4. The zero-order chi connectivity index (χ0) is 15.3. The summed E-state index contributed by atoms with van der Waals surface area (Å²) >= 11 is 0. The third-order valence-electron chi connectivity index (χ3n) is 2.92. The van der Waals surface area contributed by atoms with Crippen molar-refractivity contribution in [3.05, 3.63) is 35.6 Å². The number of carbonyl (C=O) groups excluding carboxylic acids is 1. The van der Waals surface area contributed by atoms with Crippen LogP contribution in [0.3, 0.4) is 0 Å². The van der Waals surface area contributed by atoms with Crippen molar-refractivity contribution in [3.63, 3.8) is 0 Å². The van der Waals surface area contributed by atoms with Gasteiger partial charge in [-0.2, -0.15) is 0 Å². The molecule has 1 aromatic carbocycles. The Balaban J connectivity index is 3.49. The average Bonchev–Trinajstić information content (AvgIpc) is 2.36. The lowest BCUT2D eigenvalue weighted by molar-refractivity contribution is -0.163. The van der Waals surface area contributed by atoms with Gasteiger partial charge in [-0.3, -0.25) is 9.59 Å². The minimum Gasteiger partial charge on any atom is -0.480 e. The van der Waals surface area contributed by atoms with Crippen LogP contribution in [0.1, 0.15) is 25.8 Å².